The number of hydrogen-bond acceptors (Lipinski definition) is 5. The maximum atomic E-state index is 11.7. The molecule has 0 atom stereocenters. The molecule has 6 heteroatoms. The maximum Gasteiger partial charge on any atom is 0.339 e. The van der Waals surface area contributed by atoms with Crippen LogP contribution < -0.4 is 0 Å². The van der Waals surface area contributed by atoms with Crippen molar-refractivity contribution < 1.29 is 14.5 Å². The van der Waals surface area contributed by atoms with Gasteiger partial charge in [0.1, 0.15) is 0 Å². The van der Waals surface area contributed by atoms with Gasteiger partial charge < -0.3 is 4.74 Å². The second kappa shape index (κ2) is 5.83. The van der Waals surface area contributed by atoms with Crippen molar-refractivity contribution in [2.45, 2.75) is 13.8 Å². The average molecular weight is 291 g/mol. The number of esters is 1. The highest BCUT2D eigenvalue weighted by Gasteiger charge is 2.17. The Labute approximate surface area is 120 Å². The zero-order valence-electron chi connectivity index (χ0n) is 11.1. The third-order valence-corrected chi connectivity index (χ3v) is 4.01. The van der Waals surface area contributed by atoms with Gasteiger partial charge in [-0.25, -0.2) is 4.79 Å². The monoisotopic (exact) mass is 291 g/mol. The van der Waals surface area contributed by atoms with E-state index in [1.807, 2.05) is 6.92 Å². The van der Waals surface area contributed by atoms with Gasteiger partial charge in [-0.15, -0.1) is 11.3 Å². The molecule has 0 aliphatic carbocycles. The number of ether oxygens (including phenoxy) is 1. The molecule has 0 radical (unpaired) electrons. The van der Waals surface area contributed by atoms with Crippen LogP contribution in [0.1, 0.15) is 22.8 Å². The molecule has 0 N–H and O–H groups in total. The molecular formula is C14H13NO4S. The van der Waals surface area contributed by atoms with Gasteiger partial charge in [-0.3, -0.25) is 10.1 Å². The second-order valence-corrected chi connectivity index (χ2v) is 5.01. The van der Waals surface area contributed by atoms with Crippen LogP contribution in [0.4, 0.5) is 5.69 Å². The van der Waals surface area contributed by atoms with Crippen molar-refractivity contribution in [3.8, 4) is 10.4 Å². The summed E-state index contributed by atoms with van der Waals surface area (Å²) in [6.07, 6.45) is 0. The van der Waals surface area contributed by atoms with E-state index < -0.39 is 4.92 Å². The van der Waals surface area contributed by atoms with Gasteiger partial charge in [-0.05, 0) is 37.1 Å². The molecule has 104 valence electrons. The first-order chi connectivity index (χ1) is 9.54. The number of rotatable bonds is 4. The highest BCUT2D eigenvalue weighted by molar-refractivity contribution is 7.14. The van der Waals surface area contributed by atoms with Crippen molar-refractivity contribution in [3.63, 3.8) is 0 Å². The molecular weight excluding hydrogens is 278 g/mol. The van der Waals surface area contributed by atoms with Gasteiger partial charge in [0, 0.05) is 22.4 Å². The third-order valence-electron chi connectivity index (χ3n) is 2.87. The molecule has 1 aromatic carbocycles. The number of nitro benzene ring substituents is 1. The molecule has 1 aromatic heterocycles. The van der Waals surface area contributed by atoms with Crippen LogP contribution in [0, 0.1) is 17.0 Å². The number of benzene rings is 1. The summed E-state index contributed by atoms with van der Waals surface area (Å²) in [7, 11) is 0. The van der Waals surface area contributed by atoms with Crippen molar-refractivity contribution in [3.05, 3.63) is 50.9 Å². The Morgan fingerprint density at radius 3 is 2.55 bits per heavy atom. The van der Waals surface area contributed by atoms with Crippen molar-refractivity contribution in [2.75, 3.05) is 6.61 Å². The van der Waals surface area contributed by atoms with Crippen molar-refractivity contribution in [2.24, 2.45) is 0 Å². The molecule has 0 bridgehead atoms. The highest BCUT2D eigenvalue weighted by Crippen LogP contribution is 2.33. The number of carbonyl (C=O) groups excluding carboxylic acids is 1. The summed E-state index contributed by atoms with van der Waals surface area (Å²) < 4.78 is 4.99. The summed E-state index contributed by atoms with van der Waals surface area (Å²) in [6.45, 7) is 3.94. The van der Waals surface area contributed by atoms with E-state index in [0.29, 0.717) is 12.2 Å². The van der Waals surface area contributed by atoms with Crippen LogP contribution in [0.3, 0.4) is 0 Å². The smallest absolute Gasteiger partial charge is 0.339 e. The highest BCUT2D eigenvalue weighted by atomic mass is 32.1. The Balaban J connectivity index is 2.34. The first-order valence-electron chi connectivity index (χ1n) is 6.04. The van der Waals surface area contributed by atoms with Gasteiger partial charge in [-0.1, -0.05) is 0 Å². The number of nitro groups is 1. The van der Waals surface area contributed by atoms with Gasteiger partial charge in [0.05, 0.1) is 17.1 Å². The van der Waals surface area contributed by atoms with E-state index in [2.05, 4.69) is 0 Å². The van der Waals surface area contributed by atoms with Gasteiger partial charge in [-0.2, -0.15) is 0 Å². The Morgan fingerprint density at radius 2 is 2.00 bits per heavy atom. The maximum absolute atomic E-state index is 11.7. The summed E-state index contributed by atoms with van der Waals surface area (Å²) in [5.41, 5.74) is 2.29. The van der Waals surface area contributed by atoms with Crippen LogP contribution in [0.2, 0.25) is 0 Å². The normalized spacial score (nSPS) is 10.3. The Kier molecular flexibility index (Phi) is 4.14. The van der Waals surface area contributed by atoms with E-state index in [0.717, 1.165) is 16.0 Å². The minimum atomic E-state index is -0.435. The summed E-state index contributed by atoms with van der Waals surface area (Å²) in [5, 5.41) is 12.4. The van der Waals surface area contributed by atoms with Crippen LogP contribution in [0.5, 0.6) is 0 Å². The van der Waals surface area contributed by atoms with Crippen LogP contribution >= 0.6 is 11.3 Å². The van der Waals surface area contributed by atoms with E-state index in [-0.39, 0.29) is 11.7 Å². The predicted octanol–water partition coefficient (Wildman–Crippen LogP) is 3.81. The molecule has 0 aliphatic heterocycles. The van der Waals surface area contributed by atoms with E-state index in [9.17, 15) is 14.9 Å². The minimum absolute atomic E-state index is 0.0496. The quantitative estimate of drug-likeness (QED) is 0.488. The molecule has 0 amide bonds. The molecule has 0 fully saturated rings. The second-order valence-electron chi connectivity index (χ2n) is 4.13. The first kappa shape index (κ1) is 14.2. The average Bonchev–Trinajstić information content (AvgIpc) is 2.81. The zero-order valence-corrected chi connectivity index (χ0v) is 11.9. The van der Waals surface area contributed by atoms with Gasteiger partial charge in [0.15, 0.2) is 0 Å². The standard InChI is InChI=1S/C14H13NO4S/c1-3-19-14(16)12-8-20-13(9(12)2)10-4-6-11(7-5-10)15(17)18/h4-8H,3H2,1-2H3. The molecule has 0 saturated heterocycles. The molecule has 0 spiro atoms. The summed E-state index contributed by atoms with van der Waals surface area (Å²) >= 11 is 1.43. The van der Waals surface area contributed by atoms with Crippen LogP contribution in [0.25, 0.3) is 10.4 Å². The predicted molar refractivity (Wildman–Crippen MR) is 77.1 cm³/mol. The molecule has 20 heavy (non-hydrogen) atoms. The topological polar surface area (TPSA) is 69.4 Å². The number of non-ortho nitro benzene ring substituents is 1. The van der Waals surface area contributed by atoms with Crippen LogP contribution in [-0.2, 0) is 4.74 Å². The molecule has 2 rings (SSSR count). The lowest BCUT2D eigenvalue weighted by atomic mass is 10.1. The number of carbonyl (C=O) groups is 1. The van der Waals surface area contributed by atoms with Gasteiger partial charge in [0.25, 0.3) is 5.69 Å². The number of thiophene rings is 1. The summed E-state index contributed by atoms with van der Waals surface area (Å²) in [6, 6.07) is 6.29. The van der Waals surface area contributed by atoms with E-state index in [1.54, 1.807) is 24.4 Å². The lowest BCUT2D eigenvalue weighted by molar-refractivity contribution is -0.384. The lowest BCUT2D eigenvalue weighted by Crippen LogP contribution is -2.04. The Bertz CT molecular complexity index is 646. The minimum Gasteiger partial charge on any atom is -0.462 e. The molecule has 0 unspecified atom stereocenters. The molecule has 2 aromatic rings. The van der Waals surface area contributed by atoms with Crippen LogP contribution in [0.15, 0.2) is 29.6 Å². The van der Waals surface area contributed by atoms with Crippen molar-refractivity contribution in [1.82, 2.24) is 0 Å². The summed E-state index contributed by atoms with van der Waals surface area (Å²) in [4.78, 5) is 22.9. The number of hydrogen-bond donors (Lipinski definition) is 0. The fourth-order valence-corrected chi connectivity index (χ4v) is 2.91. The van der Waals surface area contributed by atoms with Gasteiger partial charge in [0.2, 0.25) is 0 Å². The van der Waals surface area contributed by atoms with Gasteiger partial charge >= 0.3 is 5.97 Å². The Hall–Kier alpha value is -2.21. The van der Waals surface area contributed by atoms with Crippen molar-refractivity contribution in [1.29, 1.82) is 0 Å². The van der Waals surface area contributed by atoms with E-state index in [1.165, 1.54) is 23.5 Å². The first-order valence-corrected chi connectivity index (χ1v) is 6.92. The van der Waals surface area contributed by atoms with Crippen molar-refractivity contribution >= 4 is 23.0 Å². The molecule has 0 saturated carbocycles. The molecule has 0 aliphatic rings. The van der Waals surface area contributed by atoms with E-state index in [4.69, 9.17) is 4.74 Å². The van der Waals surface area contributed by atoms with Crippen LogP contribution in [-0.4, -0.2) is 17.5 Å². The largest absolute Gasteiger partial charge is 0.462 e. The zero-order chi connectivity index (χ0) is 14.7. The molecule has 1 heterocycles. The lowest BCUT2D eigenvalue weighted by Gasteiger charge is -2.03. The SMILES string of the molecule is CCOC(=O)c1csc(-c2ccc([N+](=O)[O-])cc2)c1C. The fraction of sp³-hybridized carbons (Fsp3) is 0.214. The Morgan fingerprint density at radius 1 is 1.35 bits per heavy atom. The fourth-order valence-electron chi connectivity index (χ4n) is 1.85. The third kappa shape index (κ3) is 2.70. The summed E-state index contributed by atoms with van der Waals surface area (Å²) in [5.74, 6) is -0.339. The van der Waals surface area contributed by atoms with E-state index >= 15 is 0 Å². The molecule has 5 nitrogen and oxygen atoms in total. The number of nitrogens with zero attached hydrogens (tertiary/aromatic N) is 1.